The smallest absolute Gasteiger partial charge is 0.322 e. The van der Waals surface area contributed by atoms with Gasteiger partial charge in [0.2, 0.25) is 5.91 Å². The standard InChI is InChI=1S/C22H21BrN4O2S/c23-16-8-4-9-17(12-16)26-22(29)27-11-5-10-19(27)20(28)24-13-18-14-30-21(25-18)15-6-2-1-3-7-15/h1-4,6-9,12,14,19H,5,10-11,13H2,(H,24,28)(H,26,29)/t19-/m1/s1. The van der Waals surface area contributed by atoms with Crippen LogP contribution in [0.2, 0.25) is 0 Å². The Labute approximate surface area is 187 Å². The highest BCUT2D eigenvalue weighted by Gasteiger charge is 2.34. The molecule has 0 saturated carbocycles. The number of hydrogen-bond acceptors (Lipinski definition) is 4. The largest absolute Gasteiger partial charge is 0.349 e. The maximum Gasteiger partial charge on any atom is 0.322 e. The Kier molecular flexibility index (Phi) is 6.44. The molecule has 6 nitrogen and oxygen atoms in total. The van der Waals surface area contributed by atoms with Gasteiger partial charge in [-0.25, -0.2) is 9.78 Å². The summed E-state index contributed by atoms with van der Waals surface area (Å²) in [4.78, 5) is 31.6. The Morgan fingerprint density at radius 1 is 1.17 bits per heavy atom. The Morgan fingerprint density at radius 3 is 2.80 bits per heavy atom. The summed E-state index contributed by atoms with van der Waals surface area (Å²) < 4.78 is 0.883. The van der Waals surface area contributed by atoms with Gasteiger partial charge in [-0.2, -0.15) is 0 Å². The molecule has 154 valence electrons. The fourth-order valence-corrected chi connectivity index (χ4v) is 4.67. The lowest BCUT2D eigenvalue weighted by Gasteiger charge is -2.24. The van der Waals surface area contributed by atoms with Crippen LogP contribution in [0.3, 0.4) is 0 Å². The topological polar surface area (TPSA) is 74.3 Å². The summed E-state index contributed by atoms with van der Waals surface area (Å²) in [6, 6.07) is 16.6. The van der Waals surface area contributed by atoms with E-state index in [1.165, 1.54) is 0 Å². The molecule has 2 aromatic carbocycles. The van der Waals surface area contributed by atoms with Crippen molar-refractivity contribution in [1.82, 2.24) is 15.2 Å². The third-order valence-corrected chi connectivity index (χ3v) is 6.34. The van der Waals surface area contributed by atoms with Crippen LogP contribution in [0.1, 0.15) is 18.5 Å². The van der Waals surface area contributed by atoms with Gasteiger partial charge in [-0.1, -0.05) is 52.3 Å². The number of benzene rings is 2. The second-order valence-corrected chi connectivity index (χ2v) is 8.79. The Bertz CT molecular complexity index is 1040. The number of aromatic nitrogens is 1. The number of amides is 3. The average molecular weight is 485 g/mol. The van der Waals surface area contributed by atoms with Crippen LogP contribution in [0.5, 0.6) is 0 Å². The van der Waals surface area contributed by atoms with E-state index in [1.54, 1.807) is 16.2 Å². The van der Waals surface area contributed by atoms with Gasteiger partial charge in [0.05, 0.1) is 12.2 Å². The van der Waals surface area contributed by atoms with Crippen LogP contribution in [-0.4, -0.2) is 34.4 Å². The van der Waals surface area contributed by atoms with Crippen molar-refractivity contribution < 1.29 is 9.59 Å². The molecule has 1 aliphatic heterocycles. The number of halogens is 1. The number of carbonyl (C=O) groups is 2. The molecule has 2 N–H and O–H groups in total. The van der Waals surface area contributed by atoms with Crippen LogP contribution in [0, 0.1) is 0 Å². The minimum atomic E-state index is -0.468. The fourth-order valence-electron chi connectivity index (χ4n) is 3.44. The van der Waals surface area contributed by atoms with Crippen LogP contribution in [0.15, 0.2) is 64.5 Å². The number of nitrogens with zero attached hydrogens (tertiary/aromatic N) is 2. The number of thiazole rings is 1. The highest BCUT2D eigenvalue weighted by atomic mass is 79.9. The van der Waals surface area contributed by atoms with Gasteiger partial charge in [0.1, 0.15) is 11.0 Å². The Balaban J connectivity index is 1.35. The number of carbonyl (C=O) groups excluding carboxylic acids is 2. The number of hydrogen-bond donors (Lipinski definition) is 2. The molecule has 1 saturated heterocycles. The van der Waals surface area contributed by atoms with E-state index in [0.29, 0.717) is 25.2 Å². The molecule has 3 aromatic rings. The summed E-state index contributed by atoms with van der Waals surface area (Å²) in [7, 11) is 0. The van der Waals surface area contributed by atoms with Crippen LogP contribution in [0.25, 0.3) is 10.6 Å². The molecule has 0 spiro atoms. The van der Waals surface area contributed by atoms with Crippen molar-refractivity contribution in [2.45, 2.75) is 25.4 Å². The lowest BCUT2D eigenvalue weighted by molar-refractivity contribution is -0.124. The monoisotopic (exact) mass is 484 g/mol. The highest BCUT2D eigenvalue weighted by molar-refractivity contribution is 9.10. The molecule has 8 heteroatoms. The molecule has 0 aliphatic carbocycles. The maximum absolute atomic E-state index is 12.8. The summed E-state index contributed by atoms with van der Waals surface area (Å²) in [6.45, 7) is 0.909. The second-order valence-electron chi connectivity index (χ2n) is 7.02. The first-order valence-corrected chi connectivity index (χ1v) is 11.4. The van der Waals surface area contributed by atoms with Crippen LogP contribution in [-0.2, 0) is 11.3 Å². The summed E-state index contributed by atoms with van der Waals surface area (Å²) in [5.41, 5.74) is 2.57. The fraction of sp³-hybridized carbons (Fsp3) is 0.227. The Morgan fingerprint density at radius 2 is 2.00 bits per heavy atom. The lowest BCUT2D eigenvalue weighted by Crippen LogP contribution is -2.47. The predicted molar refractivity (Wildman–Crippen MR) is 122 cm³/mol. The third-order valence-electron chi connectivity index (χ3n) is 4.91. The third kappa shape index (κ3) is 4.88. The van der Waals surface area contributed by atoms with Crippen molar-refractivity contribution in [3.8, 4) is 10.6 Å². The normalized spacial score (nSPS) is 15.8. The van der Waals surface area contributed by atoms with Gasteiger partial charge in [-0.3, -0.25) is 4.79 Å². The SMILES string of the molecule is O=C(NCc1csc(-c2ccccc2)n1)[C@H]1CCCN1C(=O)Nc1cccc(Br)c1. The van der Waals surface area contributed by atoms with Crippen molar-refractivity contribution in [2.24, 2.45) is 0 Å². The number of likely N-dealkylation sites (tertiary alicyclic amines) is 1. The van der Waals surface area contributed by atoms with Gasteiger partial charge in [0.15, 0.2) is 0 Å². The van der Waals surface area contributed by atoms with E-state index in [4.69, 9.17) is 0 Å². The van der Waals surface area contributed by atoms with Gasteiger partial charge in [0, 0.05) is 27.6 Å². The van der Waals surface area contributed by atoms with Crippen molar-refractivity contribution in [2.75, 3.05) is 11.9 Å². The summed E-state index contributed by atoms with van der Waals surface area (Å²) in [5, 5.41) is 8.69. The molecule has 0 radical (unpaired) electrons. The van der Waals surface area contributed by atoms with E-state index in [2.05, 4.69) is 31.5 Å². The van der Waals surface area contributed by atoms with Gasteiger partial charge >= 0.3 is 6.03 Å². The zero-order chi connectivity index (χ0) is 20.9. The van der Waals surface area contributed by atoms with Gasteiger partial charge in [-0.15, -0.1) is 11.3 Å². The van der Waals surface area contributed by atoms with Crippen LogP contribution < -0.4 is 10.6 Å². The number of urea groups is 1. The average Bonchev–Trinajstić information content (AvgIpc) is 3.43. The molecular weight excluding hydrogens is 464 g/mol. The van der Waals surface area contributed by atoms with Crippen molar-refractivity contribution in [3.05, 3.63) is 70.1 Å². The summed E-state index contributed by atoms with van der Waals surface area (Å²) >= 11 is 4.95. The Hall–Kier alpha value is -2.71. The lowest BCUT2D eigenvalue weighted by atomic mass is 10.2. The number of nitrogens with one attached hydrogen (secondary N) is 2. The quantitative estimate of drug-likeness (QED) is 0.541. The van der Waals surface area contributed by atoms with E-state index in [-0.39, 0.29) is 11.9 Å². The minimum absolute atomic E-state index is 0.147. The molecule has 2 heterocycles. The zero-order valence-electron chi connectivity index (χ0n) is 16.2. The van der Waals surface area contributed by atoms with E-state index in [1.807, 2.05) is 60.0 Å². The van der Waals surface area contributed by atoms with Crippen molar-refractivity contribution >= 4 is 44.9 Å². The summed E-state index contributed by atoms with van der Waals surface area (Å²) in [5.74, 6) is -0.147. The number of anilines is 1. The van der Waals surface area contributed by atoms with Crippen LogP contribution >= 0.6 is 27.3 Å². The van der Waals surface area contributed by atoms with Crippen LogP contribution in [0.4, 0.5) is 10.5 Å². The molecule has 3 amide bonds. The van der Waals surface area contributed by atoms with Gasteiger partial charge in [0.25, 0.3) is 0 Å². The highest BCUT2D eigenvalue weighted by Crippen LogP contribution is 2.24. The molecule has 0 bridgehead atoms. The zero-order valence-corrected chi connectivity index (χ0v) is 18.6. The number of rotatable bonds is 5. The molecule has 4 rings (SSSR count). The predicted octanol–water partition coefficient (Wildman–Crippen LogP) is 4.89. The molecular formula is C22H21BrN4O2S. The molecule has 1 aliphatic rings. The first-order chi connectivity index (χ1) is 14.6. The van der Waals surface area contributed by atoms with E-state index in [0.717, 1.165) is 27.2 Å². The molecule has 30 heavy (non-hydrogen) atoms. The maximum atomic E-state index is 12.8. The molecule has 0 unspecified atom stereocenters. The summed E-state index contributed by atoms with van der Waals surface area (Å²) in [6.07, 6.45) is 1.46. The first kappa shape index (κ1) is 20.6. The van der Waals surface area contributed by atoms with E-state index >= 15 is 0 Å². The minimum Gasteiger partial charge on any atom is -0.349 e. The van der Waals surface area contributed by atoms with Gasteiger partial charge in [-0.05, 0) is 31.0 Å². The van der Waals surface area contributed by atoms with Crippen molar-refractivity contribution in [3.63, 3.8) is 0 Å². The first-order valence-electron chi connectivity index (χ1n) is 9.71. The van der Waals surface area contributed by atoms with Crippen molar-refractivity contribution in [1.29, 1.82) is 0 Å². The molecule has 1 fully saturated rings. The van der Waals surface area contributed by atoms with E-state index in [9.17, 15) is 9.59 Å². The molecule has 1 aromatic heterocycles. The van der Waals surface area contributed by atoms with E-state index < -0.39 is 6.04 Å². The molecule has 1 atom stereocenters. The van der Waals surface area contributed by atoms with Gasteiger partial charge < -0.3 is 15.5 Å². The second kappa shape index (κ2) is 9.40.